The Labute approximate surface area is 132 Å². The molecule has 0 radical (unpaired) electrons. The van der Waals surface area contributed by atoms with Gasteiger partial charge in [0.1, 0.15) is 11.6 Å². The van der Waals surface area contributed by atoms with Crippen LogP contribution in [-0.2, 0) is 4.79 Å². The summed E-state index contributed by atoms with van der Waals surface area (Å²) in [7, 11) is 3.11. The molecule has 0 aliphatic carbocycles. The topological polar surface area (TPSA) is 125 Å². The van der Waals surface area contributed by atoms with E-state index in [1.807, 2.05) is 12.1 Å². The number of carbonyl (C=O) groups is 1. The van der Waals surface area contributed by atoms with Crippen molar-refractivity contribution in [2.24, 2.45) is 0 Å². The van der Waals surface area contributed by atoms with Crippen molar-refractivity contribution in [1.29, 1.82) is 0 Å². The molecule has 120 valence electrons. The summed E-state index contributed by atoms with van der Waals surface area (Å²) in [6.07, 6.45) is 0.202. The molecule has 23 heavy (non-hydrogen) atoms. The van der Waals surface area contributed by atoms with E-state index in [1.165, 1.54) is 0 Å². The highest BCUT2D eigenvalue weighted by Gasteiger charge is 2.33. The Balaban J connectivity index is 2.21. The van der Waals surface area contributed by atoms with Gasteiger partial charge in [0.15, 0.2) is 11.5 Å². The number of hydrogen-bond donors (Lipinski definition) is 3. The number of nitrogens with one attached hydrogen (secondary N) is 1. The number of para-hydroxylation sites is 1. The smallest absolute Gasteiger partial charge is 0.226 e. The highest BCUT2D eigenvalue weighted by Crippen LogP contribution is 2.45. The molecule has 5 N–H and O–H groups in total. The first-order chi connectivity index (χ1) is 11.0. The molecule has 0 fully saturated rings. The molecule has 0 saturated carbocycles. The van der Waals surface area contributed by atoms with E-state index in [-0.39, 0.29) is 30.0 Å². The molecule has 1 aliphatic heterocycles. The third-order valence-electron chi connectivity index (χ3n) is 3.80. The number of ether oxygens (including phenoxy) is 2. The molecule has 0 saturated heterocycles. The van der Waals surface area contributed by atoms with Gasteiger partial charge in [-0.3, -0.25) is 4.79 Å². The van der Waals surface area contributed by atoms with Crippen molar-refractivity contribution in [3.8, 4) is 11.5 Å². The van der Waals surface area contributed by atoms with Crippen LogP contribution in [0.15, 0.2) is 18.2 Å². The van der Waals surface area contributed by atoms with Crippen LogP contribution in [0.4, 0.5) is 17.6 Å². The largest absolute Gasteiger partial charge is 0.493 e. The Bertz CT molecular complexity index is 778. The molecule has 8 heteroatoms. The van der Waals surface area contributed by atoms with E-state index in [4.69, 9.17) is 20.9 Å². The van der Waals surface area contributed by atoms with Crippen molar-refractivity contribution in [3.05, 3.63) is 29.3 Å². The Hall–Kier alpha value is -3.03. The standard InChI is InChI=1S/C15H17N5O3/c1-22-9-5-3-4-7(12(9)23-2)8-6-10(21)18-14-11(8)13(16)19-15(17)20-14/h3-5,8H,6H2,1-2H3,(H5,16,17,18,19,20,21)/t8-/m0/s1. The summed E-state index contributed by atoms with van der Waals surface area (Å²) in [5.41, 5.74) is 13.0. The van der Waals surface area contributed by atoms with Gasteiger partial charge in [-0.1, -0.05) is 12.1 Å². The molecule has 1 aromatic carbocycles. The fraction of sp³-hybridized carbons (Fsp3) is 0.267. The summed E-state index contributed by atoms with van der Waals surface area (Å²) in [6, 6.07) is 5.48. The molecule has 0 unspecified atom stereocenters. The van der Waals surface area contributed by atoms with Gasteiger partial charge in [0.2, 0.25) is 11.9 Å². The van der Waals surface area contributed by atoms with Crippen LogP contribution in [0.25, 0.3) is 0 Å². The first-order valence-corrected chi connectivity index (χ1v) is 6.98. The fourth-order valence-electron chi connectivity index (χ4n) is 2.87. The van der Waals surface area contributed by atoms with Crippen molar-refractivity contribution in [3.63, 3.8) is 0 Å². The molecule has 8 nitrogen and oxygen atoms in total. The maximum absolute atomic E-state index is 12.1. The normalized spacial score (nSPS) is 16.4. The van der Waals surface area contributed by atoms with Crippen LogP contribution in [0.3, 0.4) is 0 Å². The molecular weight excluding hydrogens is 298 g/mol. The highest BCUT2D eigenvalue weighted by atomic mass is 16.5. The van der Waals surface area contributed by atoms with Gasteiger partial charge < -0.3 is 26.3 Å². The van der Waals surface area contributed by atoms with Crippen molar-refractivity contribution < 1.29 is 14.3 Å². The average molecular weight is 315 g/mol. The zero-order chi connectivity index (χ0) is 16.6. The second kappa shape index (κ2) is 5.64. The zero-order valence-electron chi connectivity index (χ0n) is 12.8. The number of fused-ring (bicyclic) bond motifs is 1. The molecule has 1 aromatic heterocycles. The lowest BCUT2D eigenvalue weighted by molar-refractivity contribution is -0.116. The Morgan fingerprint density at radius 2 is 2.00 bits per heavy atom. The number of aromatic nitrogens is 2. The van der Waals surface area contributed by atoms with Crippen molar-refractivity contribution >= 4 is 23.5 Å². The average Bonchev–Trinajstić information content (AvgIpc) is 2.52. The summed E-state index contributed by atoms with van der Waals surface area (Å²) < 4.78 is 10.8. The van der Waals surface area contributed by atoms with Crippen LogP contribution in [-0.4, -0.2) is 30.1 Å². The molecule has 0 bridgehead atoms. The highest BCUT2D eigenvalue weighted by molar-refractivity contribution is 5.95. The van der Waals surface area contributed by atoms with E-state index in [1.54, 1.807) is 20.3 Å². The van der Waals surface area contributed by atoms with Crippen molar-refractivity contribution in [1.82, 2.24) is 9.97 Å². The maximum atomic E-state index is 12.1. The predicted octanol–water partition coefficient (Wildman–Crippen LogP) is 1.13. The maximum Gasteiger partial charge on any atom is 0.226 e. The van der Waals surface area contributed by atoms with Crippen LogP contribution >= 0.6 is 0 Å². The number of benzene rings is 1. The minimum Gasteiger partial charge on any atom is -0.493 e. The van der Waals surface area contributed by atoms with Crippen LogP contribution in [0.5, 0.6) is 11.5 Å². The number of nitrogen functional groups attached to an aromatic ring is 2. The zero-order valence-corrected chi connectivity index (χ0v) is 12.8. The minimum absolute atomic E-state index is 0.0137. The third kappa shape index (κ3) is 2.48. The Kier molecular flexibility index (Phi) is 3.65. The molecule has 2 heterocycles. The lowest BCUT2D eigenvalue weighted by atomic mass is 9.85. The van der Waals surface area contributed by atoms with Gasteiger partial charge in [0, 0.05) is 23.5 Å². The van der Waals surface area contributed by atoms with E-state index in [9.17, 15) is 4.79 Å². The van der Waals surface area contributed by atoms with Gasteiger partial charge in [-0.15, -0.1) is 0 Å². The van der Waals surface area contributed by atoms with E-state index >= 15 is 0 Å². The third-order valence-corrected chi connectivity index (χ3v) is 3.80. The summed E-state index contributed by atoms with van der Waals surface area (Å²) >= 11 is 0. The molecular formula is C15H17N5O3. The summed E-state index contributed by atoms with van der Waals surface area (Å²) in [6.45, 7) is 0. The fourth-order valence-corrected chi connectivity index (χ4v) is 2.87. The van der Waals surface area contributed by atoms with Gasteiger partial charge >= 0.3 is 0 Å². The van der Waals surface area contributed by atoms with Gasteiger partial charge in [-0.05, 0) is 6.07 Å². The number of amides is 1. The number of nitrogens with zero attached hydrogens (tertiary/aromatic N) is 2. The SMILES string of the molecule is COc1cccc([C@@H]2CC(=O)Nc3nc(N)nc(N)c32)c1OC. The Morgan fingerprint density at radius 3 is 2.70 bits per heavy atom. The molecule has 3 rings (SSSR count). The first-order valence-electron chi connectivity index (χ1n) is 6.98. The second-order valence-corrected chi connectivity index (χ2v) is 5.12. The van der Waals surface area contributed by atoms with Gasteiger partial charge in [-0.2, -0.15) is 9.97 Å². The van der Waals surface area contributed by atoms with Gasteiger partial charge in [0.25, 0.3) is 0 Å². The van der Waals surface area contributed by atoms with Gasteiger partial charge in [-0.25, -0.2) is 0 Å². The quantitative estimate of drug-likeness (QED) is 0.775. The summed E-state index contributed by atoms with van der Waals surface area (Å²) in [4.78, 5) is 20.1. The monoisotopic (exact) mass is 315 g/mol. The van der Waals surface area contributed by atoms with Gasteiger partial charge in [0.05, 0.1) is 14.2 Å². The van der Waals surface area contributed by atoms with E-state index in [2.05, 4.69) is 15.3 Å². The van der Waals surface area contributed by atoms with Crippen LogP contribution in [0.1, 0.15) is 23.5 Å². The summed E-state index contributed by atoms with van der Waals surface area (Å²) in [5.74, 6) is 1.20. The number of rotatable bonds is 3. The molecule has 2 aromatic rings. The van der Waals surface area contributed by atoms with E-state index in [0.29, 0.717) is 22.9 Å². The van der Waals surface area contributed by atoms with Crippen molar-refractivity contribution in [2.75, 3.05) is 31.0 Å². The second-order valence-electron chi connectivity index (χ2n) is 5.12. The number of methoxy groups -OCH3 is 2. The number of anilines is 3. The number of nitrogens with two attached hydrogens (primary N) is 2. The van der Waals surface area contributed by atoms with Crippen LogP contribution < -0.4 is 26.3 Å². The molecule has 1 aliphatic rings. The lowest BCUT2D eigenvalue weighted by Crippen LogP contribution is -2.26. The first kappa shape index (κ1) is 14.9. The van der Waals surface area contributed by atoms with E-state index < -0.39 is 0 Å². The molecule has 1 amide bonds. The summed E-state index contributed by atoms with van der Waals surface area (Å²) in [5, 5.41) is 2.69. The Morgan fingerprint density at radius 1 is 1.22 bits per heavy atom. The number of hydrogen-bond acceptors (Lipinski definition) is 7. The predicted molar refractivity (Wildman–Crippen MR) is 85.5 cm³/mol. The molecule has 0 spiro atoms. The lowest BCUT2D eigenvalue weighted by Gasteiger charge is -2.27. The van der Waals surface area contributed by atoms with Crippen LogP contribution in [0, 0.1) is 0 Å². The van der Waals surface area contributed by atoms with E-state index in [0.717, 1.165) is 5.56 Å². The van der Waals surface area contributed by atoms with Crippen molar-refractivity contribution in [2.45, 2.75) is 12.3 Å². The molecule has 1 atom stereocenters. The minimum atomic E-state index is -0.343. The number of carbonyl (C=O) groups excluding carboxylic acids is 1. The van der Waals surface area contributed by atoms with Crippen LogP contribution in [0.2, 0.25) is 0 Å².